The summed E-state index contributed by atoms with van der Waals surface area (Å²) in [6.07, 6.45) is 7.74. The van der Waals surface area contributed by atoms with E-state index in [0.717, 1.165) is 0 Å². The number of rotatable bonds is 6. The highest BCUT2D eigenvalue weighted by atomic mass is 35.6. The fourth-order valence-electron chi connectivity index (χ4n) is 0.975. The third kappa shape index (κ3) is 24.3. The van der Waals surface area contributed by atoms with Crippen molar-refractivity contribution in [3.8, 4) is 0 Å². The lowest BCUT2D eigenvalue weighted by molar-refractivity contribution is -0.120. The molecule has 27 heavy (non-hydrogen) atoms. The van der Waals surface area contributed by atoms with Crippen molar-refractivity contribution in [1.29, 1.82) is 0 Å². The summed E-state index contributed by atoms with van der Waals surface area (Å²) in [6.45, 7) is 9.16. The van der Waals surface area contributed by atoms with Gasteiger partial charge < -0.3 is 20.9 Å². The van der Waals surface area contributed by atoms with Gasteiger partial charge in [0.1, 0.15) is 0 Å². The maximum absolute atomic E-state index is 11.0. The number of amides is 1. The number of carbonyl (C=O) groups excluding carboxylic acids is 1. The lowest BCUT2D eigenvalue weighted by atomic mass is 10.3. The Hall–Kier alpha value is 0.310. The number of allylic oxidation sites excluding steroid dienone is 2. The largest absolute Gasteiger partial charge is 0.392 e. The molecule has 2 atom stereocenters. The zero-order chi connectivity index (χ0) is 22.1. The molecule has 0 saturated heterocycles. The van der Waals surface area contributed by atoms with Gasteiger partial charge >= 0.3 is 0 Å². The fraction of sp³-hybridized carbons (Fsp3) is 0.562. The van der Waals surface area contributed by atoms with Crippen molar-refractivity contribution in [2.45, 2.75) is 40.6 Å². The second kappa shape index (κ2) is 18.3. The van der Waals surface area contributed by atoms with E-state index in [1.165, 1.54) is 6.08 Å². The van der Waals surface area contributed by atoms with E-state index in [2.05, 4.69) is 11.9 Å². The van der Waals surface area contributed by atoms with Crippen molar-refractivity contribution < 1.29 is 14.6 Å². The van der Waals surface area contributed by atoms with Crippen LogP contribution in [0.2, 0.25) is 0 Å². The smallest absolute Gasteiger partial charge is 0.272 e. The van der Waals surface area contributed by atoms with Crippen molar-refractivity contribution in [2.75, 3.05) is 13.2 Å². The predicted octanol–water partition coefficient (Wildman–Crippen LogP) is 4.84. The Morgan fingerprint density at radius 3 is 2.00 bits per heavy atom. The van der Waals surface area contributed by atoms with Crippen LogP contribution in [-0.4, -0.2) is 44.1 Å². The Balaban J connectivity index is -0.000000357. The molecule has 0 radical (unpaired) electrons. The second-order valence-electron chi connectivity index (χ2n) is 4.62. The van der Waals surface area contributed by atoms with Gasteiger partial charge in [-0.3, -0.25) is 4.79 Å². The number of carbonyl (C=O) groups is 1. The van der Waals surface area contributed by atoms with Crippen LogP contribution in [0.1, 0.15) is 20.8 Å². The molecular formula is C16H26Cl6N2O3. The number of nitrogens with two attached hydrogens (primary N) is 1. The summed E-state index contributed by atoms with van der Waals surface area (Å²) in [5, 5.41) is 10.3. The number of ether oxygens (including phenoxy) is 1. The van der Waals surface area contributed by atoms with E-state index >= 15 is 0 Å². The SMILES string of the molecule is C/C=C/C(C)NC(=O)C(Cl)(Cl)Cl.C/C=C/COC(N)C(Cl)(Cl)Cl.C=CCO. The number of aliphatic hydroxyl groups excluding tert-OH is 1. The van der Waals surface area contributed by atoms with E-state index in [1.54, 1.807) is 19.1 Å². The molecule has 0 aliphatic heterocycles. The summed E-state index contributed by atoms with van der Waals surface area (Å²) in [4.78, 5) is 11.0. The first-order valence-corrected chi connectivity index (χ1v) is 9.81. The number of alkyl halides is 6. The maximum Gasteiger partial charge on any atom is 0.272 e. The molecule has 0 aliphatic rings. The maximum atomic E-state index is 11.0. The third-order valence-corrected chi connectivity index (χ3v) is 3.32. The van der Waals surface area contributed by atoms with Crippen molar-refractivity contribution in [3.05, 3.63) is 37.0 Å². The first-order valence-electron chi connectivity index (χ1n) is 7.55. The summed E-state index contributed by atoms with van der Waals surface area (Å²) in [6, 6.07) is -0.127. The van der Waals surface area contributed by atoms with Crippen LogP contribution in [0.15, 0.2) is 37.0 Å². The number of halogens is 6. The summed E-state index contributed by atoms with van der Waals surface area (Å²) in [5.41, 5.74) is 5.34. The Bertz CT molecular complexity index is 448. The van der Waals surface area contributed by atoms with Crippen molar-refractivity contribution in [1.82, 2.24) is 5.32 Å². The molecule has 0 bridgehead atoms. The first-order chi connectivity index (χ1) is 12.3. The van der Waals surface area contributed by atoms with Crippen molar-refractivity contribution >= 4 is 75.5 Å². The van der Waals surface area contributed by atoms with Crippen LogP contribution < -0.4 is 11.1 Å². The molecule has 0 heterocycles. The van der Waals surface area contributed by atoms with Gasteiger partial charge in [0.2, 0.25) is 3.79 Å². The van der Waals surface area contributed by atoms with Gasteiger partial charge in [0, 0.05) is 6.04 Å². The average molecular weight is 507 g/mol. The topological polar surface area (TPSA) is 84.6 Å². The minimum Gasteiger partial charge on any atom is -0.392 e. The molecule has 0 aromatic rings. The molecule has 4 N–H and O–H groups in total. The summed E-state index contributed by atoms with van der Waals surface area (Å²) in [7, 11) is 0. The van der Waals surface area contributed by atoms with E-state index in [1.807, 2.05) is 26.0 Å². The minimum absolute atomic E-state index is 0.0833. The fourth-order valence-corrected chi connectivity index (χ4v) is 1.33. The highest BCUT2D eigenvalue weighted by molar-refractivity contribution is 6.76. The Morgan fingerprint density at radius 2 is 1.70 bits per heavy atom. The summed E-state index contributed by atoms with van der Waals surface area (Å²) >= 11 is 32.2. The molecule has 0 spiro atoms. The molecule has 1 amide bonds. The molecule has 0 aromatic heterocycles. The van der Waals surface area contributed by atoms with Gasteiger partial charge in [-0.1, -0.05) is 100.0 Å². The number of aliphatic hydroxyl groups is 1. The Morgan fingerprint density at radius 1 is 1.22 bits per heavy atom. The number of nitrogens with one attached hydrogen (secondary N) is 1. The molecule has 0 aromatic carbocycles. The average Bonchev–Trinajstić information content (AvgIpc) is 2.54. The minimum atomic E-state index is -1.88. The van der Waals surface area contributed by atoms with Gasteiger partial charge in [0.25, 0.3) is 9.70 Å². The van der Waals surface area contributed by atoms with Gasteiger partial charge in [-0.2, -0.15) is 0 Å². The zero-order valence-electron chi connectivity index (χ0n) is 15.3. The normalized spacial score (nSPS) is 13.9. The zero-order valence-corrected chi connectivity index (χ0v) is 19.8. The highest BCUT2D eigenvalue weighted by Crippen LogP contribution is 2.29. The van der Waals surface area contributed by atoms with Gasteiger partial charge in [0.05, 0.1) is 13.2 Å². The molecule has 0 rings (SSSR count). The van der Waals surface area contributed by atoms with Crippen LogP contribution in [0.3, 0.4) is 0 Å². The molecule has 0 saturated carbocycles. The van der Waals surface area contributed by atoms with Gasteiger partial charge in [0.15, 0.2) is 6.23 Å². The molecule has 5 nitrogen and oxygen atoms in total. The monoisotopic (exact) mass is 504 g/mol. The van der Waals surface area contributed by atoms with Crippen LogP contribution in [0.25, 0.3) is 0 Å². The van der Waals surface area contributed by atoms with Gasteiger partial charge in [-0.25, -0.2) is 0 Å². The lowest BCUT2D eigenvalue weighted by Gasteiger charge is -2.19. The van der Waals surface area contributed by atoms with Crippen LogP contribution in [-0.2, 0) is 9.53 Å². The Kier molecular flexibility index (Phi) is 21.7. The van der Waals surface area contributed by atoms with E-state index in [9.17, 15) is 4.79 Å². The van der Waals surface area contributed by atoms with Crippen molar-refractivity contribution in [3.63, 3.8) is 0 Å². The van der Waals surface area contributed by atoms with Crippen LogP contribution >= 0.6 is 69.6 Å². The standard InChI is InChI=1S/C7H10Cl3NO.C6H10Cl3NO.C3H6O/c1-3-4-5(2)11-6(12)7(8,9)10;1-2-3-4-11-5(10)6(7,8)9;1-2-3-4/h3-5H,1-2H3,(H,11,12);2-3,5H,4,10H2,1H3;2,4H,1,3H2/b4-3+;3-2+;. The molecular weight excluding hydrogens is 481 g/mol. The third-order valence-electron chi connectivity index (χ3n) is 2.16. The Labute approximate surface area is 191 Å². The highest BCUT2D eigenvalue weighted by Gasteiger charge is 2.31. The van der Waals surface area contributed by atoms with E-state index in [4.69, 9.17) is 85.2 Å². The number of hydrogen-bond acceptors (Lipinski definition) is 4. The molecule has 0 fully saturated rings. The van der Waals surface area contributed by atoms with Crippen molar-refractivity contribution in [2.24, 2.45) is 5.73 Å². The first kappa shape index (κ1) is 32.0. The molecule has 0 aliphatic carbocycles. The second-order valence-corrected chi connectivity index (χ2v) is 9.27. The lowest BCUT2D eigenvalue weighted by Crippen LogP contribution is -2.39. The van der Waals surface area contributed by atoms with Gasteiger partial charge in [-0.05, 0) is 20.8 Å². The number of hydrogen-bond donors (Lipinski definition) is 3. The van der Waals surface area contributed by atoms with E-state index in [0.29, 0.717) is 6.61 Å². The quantitative estimate of drug-likeness (QED) is 0.273. The van der Waals surface area contributed by atoms with Crippen LogP contribution in [0.4, 0.5) is 0 Å². The molecule has 11 heteroatoms. The van der Waals surface area contributed by atoms with E-state index < -0.39 is 19.7 Å². The van der Waals surface area contributed by atoms with Crippen LogP contribution in [0, 0.1) is 0 Å². The van der Waals surface area contributed by atoms with Gasteiger partial charge in [-0.15, -0.1) is 6.58 Å². The summed E-state index contributed by atoms with van der Waals surface area (Å²) in [5.74, 6) is -0.613. The molecule has 160 valence electrons. The predicted molar refractivity (Wildman–Crippen MR) is 119 cm³/mol. The van der Waals surface area contributed by atoms with Crippen LogP contribution in [0.5, 0.6) is 0 Å². The van der Waals surface area contributed by atoms with E-state index in [-0.39, 0.29) is 12.6 Å². The summed E-state index contributed by atoms with van der Waals surface area (Å²) < 4.78 is 1.51. The molecule has 2 unspecified atom stereocenters.